The fourth-order valence-corrected chi connectivity index (χ4v) is 1.14. The van der Waals surface area contributed by atoms with Crippen LogP contribution in [0.3, 0.4) is 0 Å². The Morgan fingerprint density at radius 2 is 2.08 bits per heavy atom. The number of rotatable bonds is 2. The molecule has 74 valence electrons. The van der Waals surface area contributed by atoms with Crippen molar-refractivity contribution in [3.8, 4) is 0 Å². The van der Waals surface area contributed by atoms with Crippen molar-refractivity contribution >= 4 is 0 Å². The SMILES string of the molecule is CC(N)Cc1nnnn1C(C)(C)C. The van der Waals surface area contributed by atoms with Gasteiger partial charge in [-0.15, -0.1) is 5.10 Å². The second-order valence-electron chi connectivity index (χ2n) is 4.36. The molecule has 13 heavy (non-hydrogen) atoms. The first-order chi connectivity index (χ1) is 5.91. The van der Waals surface area contributed by atoms with Crippen molar-refractivity contribution in [2.75, 3.05) is 0 Å². The zero-order valence-electron chi connectivity index (χ0n) is 8.65. The standard InChI is InChI=1S/C8H17N5/c1-6(9)5-7-10-11-12-13(7)8(2,3)4/h6H,5,9H2,1-4H3. The lowest BCUT2D eigenvalue weighted by Crippen LogP contribution is -2.29. The smallest absolute Gasteiger partial charge is 0.153 e. The van der Waals surface area contributed by atoms with Gasteiger partial charge in [-0.2, -0.15) is 0 Å². The molecule has 5 heteroatoms. The second kappa shape index (κ2) is 3.41. The molecule has 0 bridgehead atoms. The molecule has 1 unspecified atom stereocenters. The van der Waals surface area contributed by atoms with Crippen LogP contribution in [0.1, 0.15) is 33.5 Å². The summed E-state index contributed by atoms with van der Waals surface area (Å²) < 4.78 is 1.82. The zero-order valence-corrected chi connectivity index (χ0v) is 8.65. The van der Waals surface area contributed by atoms with E-state index in [1.54, 1.807) is 0 Å². The molecule has 1 aromatic rings. The average molecular weight is 183 g/mol. The molecule has 5 nitrogen and oxygen atoms in total. The van der Waals surface area contributed by atoms with Crippen molar-refractivity contribution in [3.05, 3.63) is 5.82 Å². The summed E-state index contributed by atoms with van der Waals surface area (Å²) in [6.07, 6.45) is 0.713. The van der Waals surface area contributed by atoms with E-state index in [0.29, 0.717) is 6.42 Å². The van der Waals surface area contributed by atoms with Crippen LogP contribution in [0.25, 0.3) is 0 Å². The van der Waals surface area contributed by atoms with E-state index in [0.717, 1.165) is 5.82 Å². The summed E-state index contributed by atoms with van der Waals surface area (Å²) in [5, 5.41) is 11.5. The Morgan fingerprint density at radius 3 is 2.54 bits per heavy atom. The minimum Gasteiger partial charge on any atom is -0.328 e. The van der Waals surface area contributed by atoms with Crippen LogP contribution in [0.15, 0.2) is 0 Å². The summed E-state index contributed by atoms with van der Waals surface area (Å²) in [6.45, 7) is 8.14. The van der Waals surface area contributed by atoms with Gasteiger partial charge in [-0.25, -0.2) is 4.68 Å². The number of aromatic nitrogens is 4. The quantitative estimate of drug-likeness (QED) is 0.716. The van der Waals surface area contributed by atoms with Crippen LogP contribution in [-0.2, 0) is 12.0 Å². The van der Waals surface area contributed by atoms with Crippen LogP contribution in [0.2, 0.25) is 0 Å². The number of nitrogens with two attached hydrogens (primary N) is 1. The normalized spacial score (nSPS) is 14.5. The lowest BCUT2D eigenvalue weighted by atomic mass is 10.1. The molecule has 0 aromatic carbocycles. The van der Waals surface area contributed by atoms with E-state index in [9.17, 15) is 0 Å². The Labute approximate surface area is 78.3 Å². The fraction of sp³-hybridized carbons (Fsp3) is 0.875. The summed E-state index contributed by atoms with van der Waals surface area (Å²) in [4.78, 5) is 0. The largest absolute Gasteiger partial charge is 0.328 e. The highest BCUT2D eigenvalue weighted by atomic mass is 15.6. The molecule has 0 amide bonds. The molecule has 1 aromatic heterocycles. The molecule has 1 atom stereocenters. The first-order valence-electron chi connectivity index (χ1n) is 4.44. The molecule has 0 saturated heterocycles. The molecule has 2 N–H and O–H groups in total. The van der Waals surface area contributed by atoms with Crippen molar-refractivity contribution in [2.24, 2.45) is 5.73 Å². The molecule has 0 saturated carbocycles. The van der Waals surface area contributed by atoms with Crippen LogP contribution in [-0.4, -0.2) is 26.2 Å². The zero-order chi connectivity index (χ0) is 10.1. The third kappa shape index (κ3) is 2.48. The third-order valence-electron chi connectivity index (χ3n) is 1.67. The number of hydrogen-bond donors (Lipinski definition) is 1. The van der Waals surface area contributed by atoms with Crippen molar-refractivity contribution in [1.82, 2.24) is 20.2 Å². The van der Waals surface area contributed by atoms with Crippen molar-refractivity contribution in [3.63, 3.8) is 0 Å². The van der Waals surface area contributed by atoms with Gasteiger partial charge in [-0.1, -0.05) is 0 Å². The van der Waals surface area contributed by atoms with Crippen molar-refractivity contribution in [2.45, 2.75) is 45.7 Å². The van der Waals surface area contributed by atoms with Gasteiger partial charge in [0.25, 0.3) is 0 Å². The molecule has 0 radical (unpaired) electrons. The summed E-state index contributed by atoms with van der Waals surface area (Å²) in [7, 11) is 0. The Hall–Kier alpha value is -0.970. The molecule has 0 aliphatic rings. The Kier molecular flexibility index (Phi) is 2.66. The monoisotopic (exact) mass is 183 g/mol. The van der Waals surface area contributed by atoms with E-state index < -0.39 is 0 Å². The summed E-state index contributed by atoms with van der Waals surface area (Å²) in [6, 6.07) is 0.0899. The fourth-order valence-electron chi connectivity index (χ4n) is 1.14. The lowest BCUT2D eigenvalue weighted by molar-refractivity contribution is 0.333. The van der Waals surface area contributed by atoms with E-state index in [-0.39, 0.29) is 11.6 Å². The average Bonchev–Trinajstić information content (AvgIpc) is 2.31. The van der Waals surface area contributed by atoms with Crippen LogP contribution in [0.5, 0.6) is 0 Å². The predicted molar refractivity (Wildman–Crippen MR) is 50.2 cm³/mol. The van der Waals surface area contributed by atoms with Crippen molar-refractivity contribution < 1.29 is 0 Å². The highest BCUT2D eigenvalue weighted by molar-refractivity contribution is 4.89. The van der Waals surface area contributed by atoms with Crippen LogP contribution >= 0.6 is 0 Å². The maximum absolute atomic E-state index is 5.69. The van der Waals surface area contributed by atoms with Gasteiger partial charge >= 0.3 is 0 Å². The molecule has 0 spiro atoms. The minimum atomic E-state index is -0.0757. The van der Waals surface area contributed by atoms with Gasteiger partial charge in [0.2, 0.25) is 0 Å². The highest BCUT2D eigenvalue weighted by Crippen LogP contribution is 2.13. The topological polar surface area (TPSA) is 69.6 Å². The molecular formula is C8H17N5. The molecule has 0 aliphatic heterocycles. The maximum atomic E-state index is 5.69. The van der Waals surface area contributed by atoms with Crippen LogP contribution < -0.4 is 5.73 Å². The predicted octanol–water partition coefficient (Wildman–Crippen LogP) is 0.318. The Bertz CT molecular complexity index is 270. The third-order valence-corrected chi connectivity index (χ3v) is 1.67. The molecule has 0 aliphatic carbocycles. The van der Waals surface area contributed by atoms with E-state index >= 15 is 0 Å². The van der Waals surface area contributed by atoms with Crippen molar-refractivity contribution in [1.29, 1.82) is 0 Å². The molecule has 1 heterocycles. The number of hydrogen-bond acceptors (Lipinski definition) is 4. The van der Waals surface area contributed by atoms with Gasteiger partial charge in [-0.3, -0.25) is 0 Å². The summed E-state index contributed by atoms with van der Waals surface area (Å²) >= 11 is 0. The van der Waals surface area contributed by atoms with Gasteiger partial charge in [0, 0.05) is 12.5 Å². The Morgan fingerprint density at radius 1 is 1.46 bits per heavy atom. The van der Waals surface area contributed by atoms with Gasteiger partial charge in [0.1, 0.15) is 0 Å². The van der Waals surface area contributed by atoms with Gasteiger partial charge in [-0.05, 0) is 38.1 Å². The molecule has 1 rings (SSSR count). The Balaban J connectivity index is 2.90. The lowest BCUT2D eigenvalue weighted by Gasteiger charge is -2.20. The van der Waals surface area contributed by atoms with Crippen LogP contribution in [0.4, 0.5) is 0 Å². The summed E-state index contributed by atoms with van der Waals surface area (Å²) in [5.41, 5.74) is 5.61. The van der Waals surface area contributed by atoms with Crippen LogP contribution in [0, 0.1) is 0 Å². The van der Waals surface area contributed by atoms with E-state index in [2.05, 4.69) is 36.3 Å². The highest BCUT2D eigenvalue weighted by Gasteiger charge is 2.19. The van der Waals surface area contributed by atoms with E-state index in [1.807, 2.05) is 11.6 Å². The van der Waals surface area contributed by atoms with E-state index in [1.165, 1.54) is 0 Å². The number of nitrogens with zero attached hydrogens (tertiary/aromatic N) is 4. The van der Waals surface area contributed by atoms with Gasteiger partial charge in [0.15, 0.2) is 5.82 Å². The maximum Gasteiger partial charge on any atom is 0.153 e. The first-order valence-corrected chi connectivity index (χ1v) is 4.44. The summed E-state index contributed by atoms with van der Waals surface area (Å²) in [5.74, 6) is 0.850. The molecule has 0 fully saturated rings. The number of tetrazole rings is 1. The van der Waals surface area contributed by atoms with Gasteiger partial charge in [0.05, 0.1) is 5.54 Å². The first kappa shape index (κ1) is 10.1. The van der Waals surface area contributed by atoms with E-state index in [4.69, 9.17) is 5.73 Å². The molecular weight excluding hydrogens is 166 g/mol. The van der Waals surface area contributed by atoms with Gasteiger partial charge < -0.3 is 5.73 Å². The minimum absolute atomic E-state index is 0.0757. The second-order valence-corrected chi connectivity index (χ2v) is 4.36.